The van der Waals surface area contributed by atoms with E-state index >= 15 is 0 Å². The van der Waals surface area contributed by atoms with Crippen LogP contribution in [0.1, 0.15) is 10.6 Å². The highest BCUT2D eigenvalue weighted by molar-refractivity contribution is 6.29. The summed E-state index contributed by atoms with van der Waals surface area (Å²) < 4.78 is 4.95. The molecule has 0 atom stereocenters. The summed E-state index contributed by atoms with van der Waals surface area (Å²) in [6.45, 7) is 0. The van der Waals surface area contributed by atoms with Gasteiger partial charge in [-0.15, -0.1) is 0 Å². The van der Waals surface area contributed by atoms with Gasteiger partial charge in [-0.25, -0.2) is 0 Å². The van der Waals surface area contributed by atoms with Crippen molar-refractivity contribution in [1.29, 1.82) is 0 Å². The molecular weight excluding hydrogens is 216 g/mol. The number of hydrogen-bond acceptors (Lipinski definition) is 3. The van der Waals surface area contributed by atoms with Crippen molar-refractivity contribution in [3.8, 4) is 0 Å². The zero-order valence-electron chi connectivity index (χ0n) is 7.61. The largest absolute Gasteiger partial charge is 0.440 e. The first-order valence-electron chi connectivity index (χ1n) is 4.22. The van der Waals surface area contributed by atoms with Crippen LogP contribution in [0, 0.1) is 0 Å². The van der Waals surface area contributed by atoms with Crippen molar-refractivity contribution in [1.82, 2.24) is 4.98 Å². The summed E-state index contributed by atoms with van der Waals surface area (Å²) in [6.07, 6.45) is 3.17. The predicted molar refractivity (Wildman–Crippen MR) is 55.9 cm³/mol. The van der Waals surface area contributed by atoms with Crippen LogP contribution in [0.15, 0.2) is 41.1 Å². The number of carbonyl (C=O) groups is 1. The summed E-state index contributed by atoms with van der Waals surface area (Å²) in [4.78, 5) is 15.4. The number of pyridine rings is 1. The van der Waals surface area contributed by atoms with E-state index in [2.05, 4.69) is 10.3 Å². The monoisotopic (exact) mass is 222 g/mol. The van der Waals surface area contributed by atoms with Gasteiger partial charge >= 0.3 is 0 Å². The summed E-state index contributed by atoms with van der Waals surface area (Å²) in [6, 6.07) is 6.48. The number of aromatic nitrogens is 1. The van der Waals surface area contributed by atoms with Gasteiger partial charge in [-0.3, -0.25) is 9.78 Å². The standard InChI is InChI=1S/C10H7ClN2O2/c11-9-4-3-8(15-9)10(14)13-7-2-1-5-12-6-7/h1-6H,(H,13,14). The molecule has 1 amide bonds. The fraction of sp³-hybridized carbons (Fsp3) is 0. The van der Waals surface area contributed by atoms with Crippen LogP contribution in [0.25, 0.3) is 0 Å². The first kappa shape index (κ1) is 9.73. The number of hydrogen-bond donors (Lipinski definition) is 1. The molecule has 1 N–H and O–H groups in total. The average molecular weight is 223 g/mol. The summed E-state index contributed by atoms with van der Waals surface area (Å²) >= 11 is 5.55. The van der Waals surface area contributed by atoms with E-state index in [1.807, 2.05) is 0 Å². The predicted octanol–water partition coefficient (Wildman–Crippen LogP) is 2.58. The lowest BCUT2D eigenvalue weighted by Crippen LogP contribution is -2.10. The zero-order chi connectivity index (χ0) is 10.7. The lowest BCUT2D eigenvalue weighted by atomic mass is 10.4. The molecule has 5 heteroatoms. The van der Waals surface area contributed by atoms with Crippen LogP contribution < -0.4 is 5.32 Å². The Kier molecular flexibility index (Phi) is 2.69. The lowest BCUT2D eigenvalue weighted by Gasteiger charge is -2.00. The number of amides is 1. The van der Waals surface area contributed by atoms with Gasteiger partial charge in [0.25, 0.3) is 5.91 Å². The van der Waals surface area contributed by atoms with Gasteiger partial charge in [0.05, 0.1) is 11.9 Å². The first-order chi connectivity index (χ1) is 7.25. The maximum atomic E-state index is 11.5. The molecule has 76 valence electrons. The molecule has 2 heterocycles. The molecule has 0 bridgehead atoms. The number of anilines is 1. The van der Waals surface area contributed by atoms with E-state index in [0.29, 0.717) is 5.69 Å². The van der Waals surface area contributed by atoms with Gasteiger partial charge in [0, 0.05) is 6.20 Å². The minimum atomic E-state index is -0.352. The molecule has 0 unspecified atom stereocenters. The van der Waals surface area contributed by atoms with E-state index in [1.165, 1.54) is 12.1 Å². The molecule has 0 spiro atoms. The highest BCUT2D eigenvalue weighted by Gasteiger charge is 2.10. The van der Waals surface area contributed by atoms with E-state index in [9.17, 15) is 4.79 Å². The zero-order valence-corrected chi connectivity index (χ0v) is 8.36. The van der Waals surface area contributed by atoms with Crippen molar-refractivity contribution in [2.75, 3.05) is 5.32 Å². The second-order valence-electron chi connectivity index (χ2n) is 2.80. The molecule has 0 saturated carbocycles. The highest BCUT2D eigenvalue weighted by Crippen LogP contribution is 2.14. The Bertz CT molecular complexity index is 467. The van der Waals surface area contributed by atoms with Gasteiger partial charge in [0.2, 0.25) is 0 Å². The smallest absolute Gasteiger partial charge is 0.291 e. The second-order valence-corrected chi connectivity index (χ2v) is 3.17. The minimum Gasteiger partial charge on any atom is -0.440 e. The lowest BCUT2D eigenvalue weighted by molar-refractivity contribution is 0.0996. The van der Waals surface area contributed by atoms with Crippen molar-refractivity contribution >= 4 is 23.2 Å². The van der Waals surface area contributed by atoms with Crippen LogP contribution in [0.2, 0.25) is 5.22 Å². The van der Waals surface area contributed by atoms with Crippen molar-refractivity contribution in [2.24, 2.45) is 0 Å². The third-order valence-electron chi connectivity index (χ3n) is 1.72. The Balaban J connectivity index is 2.11. The number of rotatable bonds is 2. The average Bonchev–Trinajstić information content (AvgIpc) is 2.66. The van der Waals surface area contributed by atoms with Gasteiger partial charge in [-0.1, -0.05) is 0 Å². The Morgan fingerprint density at radius 2 is 2.27 bits per heavy atom. The number of nitrogens with one attached hydrogen (secondary N) is 1. The molecule has 0 aliphatic carbocycles. The topological polar surface area (TPSA) is 55.1 Å². The van der Waals surface area contributed by atoms with Crippen LogP contribution in [0.3, 0.4) is 0 Å². The fourth-order valence-electron chi connectivity index (χ4n) is 1.07. The number of halogens is 1. The molecule has 4 nitrogen and oxygen atoms in total. The van der Waals surface area contributed by atoms with Gasteiger partial charge in [-0.2, -0.15) is 0 Å². The van der Waals surface area contributed by atoms with Crippen molar-refractivity contribution in [3.63, 3.8) is 0 Å². The Labute approximate surface area is 90.9 Å². The van der Waals surface area contributed by atoms with Crippen molar-refractivity contribution in [2.45, 2.75) is 0 Å². The molecule has 15 heavy (non-hydrogen) atoms. The molecule has 0 radical (unpaired) electrons. The second kappa shape index (κ2) is 4.14. The van der Waals surface area contributed by atoms with Crippen LogP contribution >= 0.6 is 11.6 Å². The van der Waals surface area contributed by atoms with Gasteiger partial charge < -0.3 is 9.73 Å². The van der Waals surface area contributed by atoms with Crippen molar-refractivity contribution < 1.29 is 9.21 Å². The molecule has 0 aliphatic rings. The quantitative estimate of drug-likeness (QED) is 0.850. The molecule has 2 aromatic rings. The van der Waals surface area contributed by atoms with Gasteiger partial charge in [0.1, 0.15) is 0 Å². The molecular formula is C10H7ClN2O2. The third kappa shape index (κ3) is 2.35. The third-order valence-corrected chi connectivity index (χ3v) is 1.92. The Hall–Kier alpha value is -1.81. The maximum absolute atomic E-state index is 11.5. The summed E-state index contributed by atoms with van der Waals surface area (Å²) in [5.41, 5.74) is 0.607. The molecule has 0 saturated heterocycles. The number of furan rings is 1. The normalized spacial score (nSPS) is 9.93. The summed E-state index contributed by atoms with van der Waals surface area (Å²) in [5, 5.41) is 2.80. The molecule has 2 aromatic heterocycles. The minimum absolute atomic E-state index is 0.170. The fourth-order valence-corrected chi connectivity index (χ4v) is 1.21. The van der Waals surface area contributed by atoms with Crippen LogP contribution in [0.5, 0.6) is 0 Å². The van der Waals surface area contributed by atoms with Gasteiger partial charge in [-0.05, 0) is 35.9 Å². The van der Waals surface area contributed by atoms with Gasteiger partial charge in [0.15, 0.2) is 11.0 Å². The van der Waals surface area contributed by atoms with Crippen molar-refractivity contribution in [3.05, 3.63) is 47.6 Å². The SMILES string of the molecule is O=C(Nc1cccnc1)c1ccc(Cl)o1. The molecule has 0 fully saturated rings. The molecule has 2 rings (SSSR count). The van der Waals surface area contributed by atoms with Crippen LogP contribution in [0.4, 0.5) is 5.69 Å². The number of carbonyl (C=O) groups excluding carboxylic acids is 1. The summed E-state index contributed by atoms with van der Waals surface area (Å²) in [5.74, 6) is -0.182. The van der Waals surface area contributed by atoms with Crippen LogP contribution in [-0.2, 0) is 0 Å². The van der Waals surface area contributed by atoms with E-state index in [1.54, 1.807) is 24.5 Å². The van der Waals surface area contributed by atoms with Crippen LogP contribution in [-0.4, -0.2) is 10.9 Å². The van der Waals surface area contributed by atoms with E-state index in [0.717, 1.165) is 0 Å². The summed E-state index contributed by atoms with van der Waals surface area (Å²) in [7, 11) is 0. The van der Waals surface area contributed by atoms with E-state index in [-0.39, 0.29) is 16.9 Å². The first-order valence-corrected chi connectivity index (χ1v) is 4.60. The molecule has 0 aromatic carbocycles. The Morgan fingerprint density at radius 3 is 2.87 bits per heavy atom. The van der Waals surface area contributed by atoms with E-state index in [4.69, 9.17) is 16.0 Å². The highest BCUT2D eigenvalue weighted by atomic mass is 35.5. The van der Waals surface area contributed by atoms with E-state index < -0.39 is 0 Å². The Morgan fingerprint density at radius 1 is 1.40 bits per heavy atom. The number of nitrogens with zero attached hydrogens (tertiary/aromatic N) is 1. The maximum Gasteiger partial charge on any atom is 0.291 e. The molecule has 0 aliphatic heterocycles.